The molecule has 2 aromatic heterocycles. The van der Waals surface area contributed by atoms with Crippen LogP contribution in [-0.4, -0.2) is 0 Å². The summed E-state index contributed by atoms with van der Waals surface area (Å²) in [7, 11) is 0. The third-order valence-electron chi connectivity index (χ3n) is 3.34. The lowest BCUT2D eigenvalue weighted by atomic mass is 10.2. The summed E-state index contributed by atoms with van der Waals surface area (Å²) < 4.78 is 1.91. The van der Waals surface area contributed by atoms with Crippen molar-refractivity contribution < 1.29 is 0 Å². The molecule has 0 aliphatic rings. The van der Waals surface area contributed by atoms with Crippen molar-refractivity contribution in [3.8, 4) is 0 Å². The van der Waals surface area contributed by atoms with Crippen LogP contribution in [0.1, 0.15) is 0 Å². The maximum atomic E-state index is 3.23. The van der Waals surface area contributed by atoms with Gasteiger partial charge in [0.1, 0.15) is 0 Å². The van der Waals surface area contributed by atoms with E-state index in [1.165, 1.54) is 0 Å². The van der Waals surface area contributed by atoms with Gasteiger partial charge in [-0.3, -0.25) is 0 Å². The lowest BCUT2D eigenvalue weighted by molar-refractivity contribution is 1.82. The molecule has 2 aromatic carbocycles. The van der Waals surface area contributed by atoms with E-state index in [2.05, 4.69) is 48.5 Å². The zero-order valence-electron chi connectivity index (χ0n) is 12.4. The Kier molecular flexibility index (Phi) is 3.94. The zero-order chi connectivity index (χ0) is 16.2. The van der Waals surface area contributed by atoms with Crippen LogP contribution in [0.4, 0.5) is 0 Å². The first kappa shape index (κ1) is 14.5. The molecule has 4 rings (SSSR count). The van der Waals surface area contributed by atoms with Gasteiger partial charge >= 0.3 is 0 Å². The highest BCUT2D eigenvalue weighted by molar-refractivity contribution is 7.17. The van der Waals surface area contributed by atoms with Crippen LogP contribution in [0.25, 0.3) is 30.9 Å². The summed E-state index contributed by atoms with van der Waals surface area (Å²) in [5, 5.41) is 7.72. The van der Waals surface area contributed by atoms with Gasteiger partial charge in [0.25, 0.3) is 0 Å². The molecule has 0 radical (unpaired) electrons. The molecule has 0 nitrogen and oxygen atoms in total. The Bertz CT molecular complexity index is 1030. The van der Waals surface area contributed by atoms with E-state index in [9.17, 15) is 0 Å². The van der Waals surface area contributed by atoms with Crippen LogP contribution in [0.2, 0.25) is 0 Å². The lowest BCUT2D eigenvalue weighted by Crippen LogP contribution is -1.62. The van der Waals surface area contributed by atoms with Crippen LogP contribution in [0.15, 0.2) is 47.2 Å². The standard InChI is InChI=1S/C22H8S2/c1-2-6-18-11-12-22-19(13-15-24-22)7-3-4-8-21-20(14-16-23-21)10-9-17(18)5-1/h1-2,5-6,13-16H. The molecule has 24 heavy (non-hydrogen) atoms. The van der Waals surface area contributed by atoms with Gasteiger partial charge in [0.05, 0.1) is 20.2 Å². The van der Waals surface area contributed by atoms with Crippen molar-refractivity contribution in [3.63, 3.8) is 0 Å². The van der Waals surface area contributed by atoms with Gasteiger partial charge in [-0.2, -0.15) is 0 Å². The van der Waals surface area contributed by atoms with Crippen LogP contribution in [0.5, 0.6) is 0 Å². The Morgan fingerprint density at radius 3 is 1.79 bits per heavy atom. The molecular weight excluding hydrogens is 328 g/mol. The summed E-state index contributed by atoms with van der Waals surface area (Å²) in [6, 6.07) is 36.9. The second kappa shape index (κ2) is 6.54. The minimum Gasteiger partial charge on any atom is -0.134 e. The van der Waals surface area contributed by atoms with Crippen LogP contribution < -0.4 is 0 Å². The molecular formula is C22H8S2. The second-order valence-electron chi connectivity index (χ2n) is 4.87. The molecule has 0 spiro atoms. The van der Waals surface area contributed by atoms with Gasteiger partial charge < -0.3 is 0 Å². The summed E-state index contributed by atoms with van der Waals surface area (Å²) in [4.78, 5) is 0. The third kappa shape index (κ3) is 2.99. The summed E-state index contributed by atoms with van der Waals surface area (Å²) in [6.45, 7) is 0. The average molecular weight is 336 g/mol. The molecule has 0 bridgehead atoms. The highest BCUT2D eigenvalue weighted by Gasteiger charge is 1.89. The third-order valence-corrected chi connectivity index (χ3v) is 5.00. The van der Waals surface area contributed by atoms with Gasteiger partial charge in [-0.1, -0.05) is 36.4 Å². The number of fused-ring (bicyclic) bond motifs is 3. The van der Waals surface area contributed by atoms with E-state index in [4.69, 9.17) is 0 Å². The van der Waals surface area contributed by atoms with Crippen molar-refractivity contribution in [2.75, 3.05) is 0 Å². The predicted octanol–water partition coefficient (Wildman–Crippen LogP) is 5.92. The van der Waals surface area contributed by atoms with Crippen molar-refractivity contribution in [3.05, 3.63) is 95.7 Å². The van der Waals surface area contributed by atoms with Crippen molar-refractivity contribution in [1.29, 1.82) is 0 Å². The van der Waals surface area contributed by atoms with E-state index in [0.717, 1.165) is 30.9 Å². The highest BCUT2D eigenvalue weighted by atomic mass is 32.1. The molecule has 0 aliphatic heterocycles. The van der Waals surface area contributed by atoms with Gasteiger partial charge in [0.15, 0.2) is 0 Å². The highest BCUT2D eigenvalue weighted by Crippen LogP contribution is 2.16. The Morgan fingerprint density at radius 1 is 0.500 bits per heavy atom. The minimum atomic E-state index is 0.925. The van der Waals surface area contributed by atoms with Gasteiger partial charge in [-0.15, -0.1) is 22.7 Å². The summed E-state index contributed by atoms with van der Waals surface area (Å²) in [5.41, 5.74) is 0. The molecule has 0 amide bonds. The fourth-order valence-corrected chi connectivity index (χ4v) is 3.55. The zero-order valence-corrected chi connectivity index (χ0v) is 14.1. The van der Waals surface area contributed by atoms with E-state index in [-0.39, 0.29) is 0 Å². The Hall–Kier alpha value is -3.14. The first-order valence-corrected chi connectivity index (χ1v) is 8.96. The molecule has 4 aromatic rings. The quantitative estimate of drug-likeness (QED) is 0.374. The largest absolute Gasteiger partial charge is 0.134 e. The number of thiophene rings is 2. The van der Waals surface area contributed by atoms with Crippen LogP contribution in [0, 0.1) is 48.5 Å². The van der Waals surface area contributed by atoms with Crippen LogP contribution >= 0.6 is 22.7 Å². The molecule has 0 fully saturated rings. The topological polar surface area (TPSA) is 0 Å². The van der Waals surface area contributed by atoms with Crippen molar-refractivity contribution >= 4 is 53.6 Å². The maximum Gasteiger partial charge on any atom is 0.0935 e. The Morgan fingerprint density at radius 2 is 1.04 bits per heavy atom. The number of hydrogen-bond donors (Lipinski definition) is 0. The fraction of sp³-hybridized carbons (Fsp3) is 0. The average Bonchev–Trinajstić information content (AvgIpc) is 3.24. The van der Waals surface area contributed by atoms with Gasteiger partial charge in [-0.05, 0) is 59.3 Å². The molecule has 2 heteroatoms. The number of hydrogen-bond acceptors (Lipinski definition) is 2. The molecule has 0 atom stereocenters. The van der Waals surface area contributed by atoms with Crippen molar-refractivity contribution in [2.24, 2.45) is 0 Å². The smallest absolute Gasteiger partial charge is 0.0935 e. The lowest BCUT2D eigenvalue weighted by Gasteiger charge is -1.84. The molecule has 0 saturated heterocycles. The summed E-state index contributed by atoms with van der Waals surface area (Å²) in [5.74, 6) is 0. The molecule has 108 valence electrons. The number of rotatable bonds is 0. The van der Waals surface area contributed by atoms with Crippen molar-refractivity contribution in [1.82, 2.24) is 0 Å². The summed E-state index contributed by atoms with van der Waals surface area (Å²) in [6.07, 6.45) is 0. The first-order valence-electron chi connectivity index (χ1n) is 7.20. The maximum absolute atomic E-state index is 3.23. The minimum absolute atomic E-state index is 0.925. The van der Waals surface area contributed by atoms with Crippen LogP contribution in [-0.2, 0) is 0 Å². The van der Waals surface area contributed by atoms with E-state index in [1.807, 2.05) is 47.2 Å². The van der Waals surface area contributed by atoms with E-state index in [1.54, 1.807) is 22.7 Å². The van der Waals surface area contributed by atoms with E-state index >= 15 is 0 Å². The molecule has 0 saturated carbocycles. The molecule has 0 aliphatic carbocycles. The van der Waals surface area contributed by atoms with Gasteiger partial charge in [0, 0.05) is 10.8 Å². The second-order valence-corrected chi connectivity index (χ2v) is 6.70. The predicted molar refractivity (Wildman–Crippen MR) is 101 cm³/mol. The number of benzene rings is 1. The van der Waals surface area contributed by atoms with E-state index in [0.29, 0.717) is 0 Å². The van der Waals surface area contributed by atoms with Crippen LogP contribution in [0.3, 0.4) is 0 Å². The molecule has 0 N–H and O–H groups in total. The fourth-order valence-electron chi connectivity index (χ4n) is 2.16. The Balaban J connectivity index is 2.12. The molecule has 2 heterocycles. The SMILES string of the molecule is c1c#cc2sccc2c#cc2ccccc2c#cc2sccc2c#1. The summed E-state index contributed by atoms with van der Waals surface area (Å²) >= 11 is 3.18. The van der Waals surface area contributed by atoms with Gasteiger partial charge in [-0.25, -0.2) is 0 Å². The monoisotopic (exact) mass is 336 g/mol. The molecule has 0 unspecified atom stereocenters. The normalized spacial score (nSPS) is 9.17. The van der Waals surface area contributed by atoms with E-state index < -0.39 is 0 Å². The van der Waals surface area contributed by atoms with Crippen molar-refractivity contribution in [2.45, 2.75) is 0 Å². The first-order chi connectivity index (χ1) is 11.9. The van der Waals surface area contributed by atoms with Gasteiger partial charge in [0.2, 0.25) is 0 Å². The Labute approximate surface area is 149 Å².